The summed E-state index contributed by atoms with van der Waals surface area (Å²) in [7, 11) is 0. The van der Waals surface area contributed by atoms with Crippen LogP contribution in [0.2, 0.25) is 0 Å². The van der Waals surface area contributed by atoms with Crippen molar-refractivity contribution in [3.8, 4) is 11.5 Å². The second kappa shape index (κ2) is 10.4. The molecule has 3 rings (SSSR count). The van der Waals surface area contributed by atoms with Crippen LogP contribution in [0.3, 0.4) is 0 Å². The summed E-state index contributed by atoms with van der Waals surface area (Å²) in [6.07, 6.45) is 2.54. The predicted octanol–water partition coefficient (Wildman–Crippen LogP) is 2.55. The number of amides is 1. The Morgan fingerprint density at radius 1 is 1.40 bits per heavy atom. The topological polar surface area (TPSA) is 100.0 Å². The third-order valence-electron chi connectivity index (χ3n) is 4.97. The Bertz CT molecular complexity index is 890. The fourth-order valence-electron chi connectivity index (χ4n) is 3.47. The van der Waals surface area contributed by atoms with Gasteiger partial charge >= 0.3 is 0 Å². The number of aldehydes is 1. The second-order valence-corrected chi connectivity index (χ2v) is 8.37. The van der Waals surface area contributed by atoms with Crippen LogP contribution in [-0.2, 0) is 6.42 Å². The number of thioether (sulfide) groups is 1. The van der Waals surface area contributed by atoms with Gasteiger partial charge in [-0.25, -0.2) is 0 Å². The summed E-state index contributed by atoms with van der Waals surface area (Å²) in [5.41, 5.74) is 1.25. The number of hydrogen-bond donors (Lipinski definition) is 2. The van der Waals surface area contributed by atoms with Crippen molar-refractivity contribution in [2.24, 2.45) is 0 Å². The van der Waals surface area contributed by atoms with Crippen LogP contribution >= 0.6 is 11.8 Å². The van der Waals surface area contributed by atoms with E-state index in [1.807, 2.05) is 4.90 Å². The number of phenols is 1. The number of phenolic OH excluding ortho intramolecular Hbond substituents is 1. The molecular formula is C22H26N2O5S. The van der Waals surface area contributed by atoms with E-state index in [2.05, 4.69) is 4.98 Å². The number of aromatic hydroxyl groups is 1. The second-order valence-electron chi connectivity index (χ2n) is 7.22. The van der Waals surface area contributed by atoms with Gasteiger partial charge in [0, 0.05) is 43.1 Å². The highest BCUT2D eigenvalue weighted by atomic mass is 32.2. The van der Waals surface area contributed by atoms with Crippen LogP contribution in [0.5, 0.6) is 11.5 Å². The molecule has 0 unspecified atom stereocenters. The largest absolute Gasteiger partial charge is 0.507 e. The number of benzene rings is 1. The van der Waals surface area contributed by atoms with Gasteiger partial charge in [0.25, 0.3) is 5.91 Å². The fourth-order valence-corrected chi connectivity index (χ4v) is 4.58. The van der Waals surface area contributed by atoms with Gasteiger partial charge in [-0.15, -0.1) is 0 Å². The molecule has 8 heteroatoms. The highest BCUT2D eigenvalue weighted by Crippen LogP contribution is 2.27. The van der Waals surface area contributed by atoms with Crippen LogP contribution in [0.25, 0.3) is 0 Å². The monoisotopic (exact) mass is 430 g/mol. The standard InChI is InChI=1S/C22H26N2O5S/c1-15(26)12-19-17(4-3-8-23-19)22(28)24-9-11-30-14-16(24)7-10-29-21-6-2-5-20(27)18(21)13-25/h2-6,8,13,15-16,26-27H,7,9-12,14H2,1H3/t15-,16-/m1/s1. The number of pyridine rings is 1. The smallest absolute Gasteiger partial charge is 0.256 e. The molecule has 1 aliphatic heterocycles. The quantitative estimate of drug-likeness (QED) is 0.621. The zero-order chi connectivity index (χ0) is 21.5. The molecule has 2 atom stereocenters. The molecule has 7 nitrogen and oxygen atoms in total. The van der Waals surface area contributed by atoms with E-state index in [9.17, 15) is 19.8 Å². The molecule has 30 heavy (non-hydrogen) atoms. The van der Waals surface area contributed by atoms with Crippen LogP contribution in [0.1, 0.15) is 39.8 Å². The van der Waals surface area contributed by atoms with Crippen LogP contribution < -0.4 is 4.74 Å². The summed E-state index contributed by atoms with van der Waals surface area (Å²) in [6.45, 7) is 2.62. The highest BCUT2D eigenvalue weighted by molar-refractivity contribution is 7.99. The lowest BCUT2D eigenvalue weighted by molar-refractivity contribution is 0.0679. The molecule has 160 valence electrons. The van der Waals surface area contributed by atoms with Crippen molar-refractivity contribution in [2.75, 3.05) is 24.7 Å². The van der Waals surface area contributed by atoms with Gasteiger partial charge < -0.3 is 19.8 Å². The molecule has 0 saturated carbocycles. The van der Waals surface area contributed by atoms with Crippen molar-refractivity contribution < 1.29 is 24.5 Å². The lowest BCUT2D eigenvalue weighted by Gasteiger charge is -2.36. The average Bonchev–Trinajstić information content (AvgIpc) is 2.74. The summed E-state index contributed by atoms with van der Waals surface area (Å²) >= 11 is 1.79. The van der Waals surface area contributed by atoms with Crippen molar-refractivity contribution >= 4 is 24.0 Å². The van der Waals surface area contributed by atoms with Crippen molar-refractivity contribution in [3.05, 3.63) is 53.3 Å². The van der Waals surface area contributed by atoms with Crippen LogP contribution in [0.4, 0.5) is 0 Å². The molecule has 1 aromatic heterocycles. The van der Waals surface area contributed by atoms with Gasteiger partial charge in [-0.3, -0.25) is 14.6 Å². The van der Waals surface area contributed by atoms with Crippen molar-refractivity contribution in [1.82, 2.24) is 9.88 Å². The first-order valence-electron chi connectivity index (χ1n) is 9.92. The predicted molar refractivity (Wildman–Crippen MR) is 115 cm³/mol. The van der Waals surface area contributed by atoms with Gasteiger partial charge in [-0.05, 0) is 31.2 Å². The van der Waals surface area contributed by atoms with E-state index >= 15 is 0 Å². The molecule has 1 fully saturated rings. The van der Waals surface area contributed by atoms with Gasteiger partial charge in [0.15, 0.2) is 6.29 Å². The fraction of sp³-hybridized carbons (Fsp3) is 0.409. The summed E-state index contributed by atoms with van der Waals surface area (Å²) in [5, 5.41) is 19.5. The number of aliphatic hydroxyl groups excluding tert-OH is 1. The van der Waals surface area contributed by atoms with E-state index in [1.165, 1.54) is 6.07 Å². The number of aromatic nitrogens is 1. The summed E-state index contributed by atoms with van der Waals surface area (Å²) in [6, 6.07) is 8.17. The number of rotatable bonds is 8. The Morgan fingerprint density at radius 2 is 2.23 bits per heavy atom. The van der Waals surface area contributed by atoms with Gasteiger partial charge in [0.1, 0.15) is 11.5 Å². The van der Waals surface area contributed by atoms with Crippen LogP contribution in [0, 0.1) is 0 Å². The lowest BCUT2D eigenvalue weighted by Crippen LogP contribution is -2.47. The van der Waals surface area contributed by atoms with Crippen molar-refractivity contribution in [2.45, 2.75) is 31.9 Å². The molecule has 0 radical (unpaired) electrons. The van der Waals surface area contributed by atoms with Gasteiger partial charge in [0.05, 0.1) is 29.5 Å². The normalized spacial score (nSPS) is 17.4. The minimum Gasteiger partial charge on any atom is -0.507 e. The Hall–Kier alpha value is -2.58. The molecule has 1 aliphatic rings. The van der Waals surface area contributed by atoms with E-state index < -0.39 is 6.10 Å². The third kappa shape index (κ3) is 5.31. The summed E-state index contributed by atoms with van der Waals surface area (Å²) in [4.78, 5) is 30.6. The summed E-state index contributed by atoms with van der Waals surface area (Å²) < 4.78 is 5.74. The molecule has 0 spiro atoms. The molecule has 2 heterocycles. The molecule has 0 bridgehead atoms. The molecule has 1 amide bonds. The Morgan fingerprint density at radius 3 is 3.00 bits per heavy atom. The van der Waals surface area contributed by atoms with Crippen LogP contribution in [0.15, 0.2) is 36.5 Å². The van der Waals surface area contributed by atoms with Gasteiger partial charge in [-0.2, -0.15) is 11.8 Å². The molecule has 1 saturated heterocycles. The number of nitrogens with zero attached hydrogens (tertiary/aromatic N) is 2. The summed E-state index contributed by atoms with van der Waals surface area (Å²) in [5.74, 6) is 1.78. The average molecular weight is 431 g/mol. The van der Waals surface area contributed by atoms with E-state index in [-0.39, 0.29) is 23.3 Å². The molecule has 1 aromatic carbocycles. The van der Waals surface area contributed by atoms with Crippen molar-refractivity contribution in [1.29, 1.82) is 0 Å². The number of aliphatic hydroxyl groups is 1. The van der Waals surface area contributed by atoms with E-state index in [1.54, 1.807) is 49.1 Å². The van der Waals surface area contributed by atoms with E-state index in [0.29, 0.717) is 49.3 Å². The van der Waals surface area contributed by atoms with Gasteiger partial charge in [-0.1, -0.05) is 6.07 Å². The third-order valence-corrected chi connectivity index (χ3v) is 6.06. The zero-order valence-corrected chi connectivity index (χ0v) is 17.7. The van der Waals surface area contributed by atoms with Crippen LogP contribution in [-0.4, -0.2) is 69.1 Å². The molecule has 2 N–H and O–H groups in total. The first-order valence-corrected chi connectivity index (χ1v) is 11.1. The minimum absolute atomic E-state index is 0.0205. The number of hydrogen-bond acceptors (Lipinski definition) is 7. The van der Waals surface area contributed by atoms with Crippen molar-refractivity contribution in [3.63, 3.8) is 0 Å². The first-order chi connectivity index (χ1) is 14.5. The SMILES string of the molecule is C[C@@H](O)Cc1ncccc1C(=O)N1CCSC[C@H]1CCOc1cccc(O)c1C=O. The van der Waals surface area contributed by atoms with E-state index in [4.69, 9.17) is 4.74 Å². The van der Waals surface area contributed by atoms with Gasteiger partial charge in [0.2, 0.25) is 0 Å². The maximum Gasteiger partial charge on any atom is 0.256 e. The maximum atomic E-state index is 13.3. The molecular weight excluding hydrogens is 404 g/mol. The Balaban J connectivity index is 1.69. The Kier molecular flexibility index (Phi) is 7.70. The van der Waals surface area contributed by atoms with E-state index in [0.717, 1.165) is 11.5 Å². The zero-order valence-electron chi connectivity index (χ0n) is 16.9. The first kappa shape index (κ1) is 22.1. The molecule has 2 aromatic rings. The minimum atomic E-state index is -0.582. The number of ether oxygens (including phenoxy) is 1. The lowest BCUT2D eigenvalue weighted by atomic mass is 10.1. The Labute approximate surface area is 180 Å². The number of carbonyl (C=O) groups is 2. The molecule has 0 aliphatic carbocycles. The number of carbonyl (C=O) groups excluding carboxylic acids is 2. The maximum absolute atomic E-state index is 13.3. The highest BCUT2D eigenvalue weighted by Gasteiger charge is 2.29.